The lowest BCUT2D eigenvalue weighted by atomic mass is 10.4. The van der Waals surface area contributed by atoms with E-state index in [0.717, 1.165) is 4.90 Å². The lowest BCUT2D eigenvalue weighted by Gasteiger charge is -2.09. The fourth-order valence-corrected chi connectivity index (χ4v) is 2.26. The number of benzene rings is 1. The minimum Gasteiger partial charge on any atom is -0.611 e. The summed E-state index contributed by atoms with van der Waals surface area (Å²) < 4.78 is 11.9. The molecule has 0 aliphatic heterocycles. The minimum atomic E-state index is -1.12. The van der Waals surface area contributed by atoms with Crippen LogP contribution < -0.4 is 5.73 Å². The molecule has 1 unspecified atom stereocenters. The first-order valence-electron chi connectivity index (χ1n) is 4.76. The lowest BCUT2D eigenvalue weighted by molar-refractivity contribution is 0.592. The van der Waals surface area contributed by atoms with Gasteiger partial charge in [0, 0.05) is 6.20 Å². The fraction of sp³-hybridized carbons (Fsp3) is 0.0909. The number of anilines is 1. The lowest BCUT2D eigenvalue weighted by Crippen LogP contribution is -2.08. The van der Waals surface area contributed by atoms with Crippen molar-refractivity contribution in [2.45, 2.75) is 10.6 Å². The van der Waals surface area contributed by atoms with Gasteiger partial charge in [0.05, 0.1) is 0 Å². The molecule has 4 nitrogen and oxygen atoms in total. The van der Waals surface area contributed by atoms with Crippen molar-refractivity contribution in [3.05, 3.63) is 48.4 Å². The van der Waals surface area contributed by atoms with Crippen LogP contribution in [0.2, 0.25) is 0 Å². The molecule has 1 atom stereocenters. The van der Waals surface area contributed by atoms with E-state index in [1.807, 2.05) is 30.3 Å². The summed E-state index contributed by atoms with van der Waals surface area (Å²) in [5.74, 6) is 1.19. The monoisotopic (exact) mass is 233 g/mol. The first-order valence-corrected chi connectivity index (χ1v) is 6.08. The molecule has 0 saturated heterocycles. The Morgan fingerprint density at radius 1 is 1.19 bits per heavy atom. The average molecular weight is 233 g/mol. The zero-order valence-corrected chi connectivity index (χ0v) is 9.35. The Bertz CT molecular complexity index is 464. The standard InChI is InChI=1S/C11H11N3OS/c12-10-6-7-13-11(14-10)8-16(15)9-4-2-1-3-5-9/h1-7H,8H2,(H2,12,13,14). The summed E-state index contributed by atoms with van der Waals surface area (Å²) in [5.41, 5.74) is 5.52. The van der Waals surface area contributed by atoms with Crippen molar-refractivity contribution in [2.24, 2.45) is 0 Å². The molecule has 1 heterocycles. The van der Waals surface area contributed by atoms with Crippen LogP contribution in [0.1, 0.15) is 5.82 Å². The van der Waals surface area contributed by atoms with Crippen molar-refractivity contribution >= 4 is 17.0 Å². The van der Waals surface area contributed by atoms with Gasteiger partial charge in [0.2, 0.25) is 0 Å². The summed E-state index contributed by atoms with van der Waals surface area (Å²) in [7, 11) is 0. The number of aromatic nitrogens is 2. The Morgan fingerprint density at radius 2 is 1.94 bits per heavy atom. The second kappa shape index (κ2) is 4.96. The minimum absolute atomic E-state index is 0.287. The molecule has 1 aromatic carbocycles. The van der Waals surface area contributed by atoms with E-state index in [4.69, 9.17) is 5.73 Å². The van der Waals surface area contributed by atoms with Crippen molar-refractivity contribution in [2.75, 3.05) is 5.73 Å². The number of hydrogen-bond donors (Lipinski definition) is 1. The van der Waals surface area contributed by atoms with Crippen LogP contribution in [0.4, 0.5) is 5.82 Å². The third kappa shape index (κ3) is 2.71. The first-order chi connectivity index (χ1) is 7.75. The van der Waals surface area contributed by atoms with E-state index < -0.39 is 11.2 Å². The van der Waals surface area contributed by atoms with E-state index in [1.165, 1.54) is 0 Å². The highest BCUT2D eigenvalue weighted by molar-refractivity contribution is 7.90. The van der Waals surface area contributed by atoms with Gasteiger partial charge in [-0.25, -0.2) is 9.97 Å². The molecular formula is C11H11N3OS. The molecule has 0 amide bonds. The molecule has 0 saturated carbocycles. The SMILES string of the molecule is Nc1ccnc(C[S+]([O-])c2ccccc2)n1. The van der Waals surface area contributed by atoms with E-state index in [1.54, 1.807) is 12.3 Å². The van der Waals surface area contributed by atoms with E-state index in [2.05, 4.69) is 9.97 Å². The average Bonchev–Trinajstić information content (AvgIpc) is 2.30. The van der Waals surface area contributed by atoms with Gasteiger partial charge in [0.1, 0.15) is 5.82 Å². The summed E-state index contributed by atoms with van der Waals surface area (Å²) in [6.07, 6.45) is 1.57. The molecular weight excluding hydrogens is 222 g/mol. The predicted octanol–water partition coefficient (Wildman–Crippen LogP) is 1.37. The quantitative estimate of drug-likeness (QED) is 0.812. The molecule has 1 aromatic heterocycles. The second-order valence-corrected chi connectivity index (χ2v) is 4.65. The summed E-state index contributed by atoms with van der Waals surface area (Å²) in [4.78, 5) is 8.80. The summed E-state index contributed by atoms with van der Waals surface area (Å²) >= 11 is -1.12. The number of nitrogens with zero attached hydrogens (tertiary/aromatic N) is 2. The molecule has 0 fully saturated rings. The van der Waals surface area contributed by atoms with Gasteiger partial charge in [-0.15, -0.1) is 0 Å². The molecule has 2 aromatic rings. The third-order valence-corrected chi connectivity index (χ3v) is 3.31. The predicted molar refractivity (Wildman–Crippen MR) is 63.0 cm³/mol. The molecule has 0 aliphatic carbocycles. The highest BCUT2D eigenvalue weighted by Gasteiger charge is 2.12. The van der Waals surface area contributed by atoms with Crippen LogP contribution in [0.5, 0.6) is 0 Å². The Labute approximate surface area is 96.7 Å². The Balaban J connectivity index is 2.11. The molecule has 0 bridgehead atoms. The van der Waals surface area contributed by atoms with E-state index in [-0.39, 0.29) is 5.75 Å². The van der Waals surface area contributed by atoms with Gasteiger partial charge in [0.15, 0.2) is 16.5 Å². The molecule has 5 heteroatoms. The molecule has 82 valence electrons. The Hall–Kier alpha value is -1.59. The van der Waals surface area contributed by atoms with Gasteiger partial charge in [-0.3, -0.25) is 0 Å². The first kappa shape index (κ1) is 10.9. The number of rotatable bonds is 3. The highest BCUT2D eigenvalue weighted by atomic mass is 32.2. The van der Waals surface area contributed by atoms with Crippen molar-refractivity contribution in [1.82, 2.24) is 9.97 Å². The molecule has 0 spiro atoms. The summed E-state index contributed by atoms with van der Waals surface area (Å²) in [5, 5.41) is 0. The van der Waals surface area contributed by atoms with Crippen LogP contribution in [-0.4, -0.2) is 14.5 Å². The molecule has 2 rings (SSSR count). The van der Waals surface area contributed by atoms with Crippen LogP contribution in [0.25, 0.3) is 0 Å². The van der Waals surface area contributed by atoms with Crippen molar-refractivity contribution in [1.29, 1.82) is 0 Å². The van der Waals surface area contributed by atoms with Crippen molar-refractivity contribution < 1.29 is 4.55 Å². The van der Waals surface area contributed by atoms with Crippen LogP contribution in [0.15, 0.2) is 47.5 Å². The molecule has 16 heavy (non-hydrogen) atoms. The van der Waals surface area contributed by atoms with Gasteiger partial charge in [-0.05, 0) is 29.4 Å². The summed E-state index contributed by atoms with van der Waals surface area (Å²) in [6.45, 7) is 0. The van der Waals surface area contributed by atoms with Crippen LogP contribution in [0.3, 0.4) is 0 Å². The maximum absolute atomic E-state index is 11.9. The van der Waals surface area contributed by atoms with Gasteiger partial charge < -0.3 is 10.3 Å². The molecule has 0 aliphatic rings. The van der Waals surface area contributed by atoms with Crippen LogP contribution in [0, 0.1) is 0 Å². The Morgan fingerprint density at radius 3 is 2.62 bits per heavy atom. The zero-order valence-electron chi connectivity index (χ0n) is 8.54. The number of hydrogen-bond acceptors (Lipinski definition) is 4. The fourth-order valence-electron chi connectivity index (χ4n) is 1.26. The largest absolute Gasteiger partial charge is 0.611 e. The maximum atomic E-state index is 11.9. The van der Waals surface area contributed by atoms with E-state index in [0.29, 0.717) is 11.6 Å². The third-order valence-electron chi connectivity index (χ3n) is 1.99. The van der Waals surface area contributed by atoms with Gasteiger partial charge in [-0.1, -0.05) is 18.2 Å². The normalized spacial score (nSPS) is 12.3. The zero-order chi connectivity index (χ0) is 11.4. The second-order valence-electron chi connectivity index (χ2n) is 3.20. The van der Waals surface area contributed by atoms with Gasteiger partial charge in [-0.2, -0.15) is 0 Å². The van der Waals surface area contributed by atoms with Crippen molar-refractivity contribution in [3.63, 3.8) is 0 Å². The van der Waals surface area contributed by atoms with Crippen LogP contribution >= 0.6 is 0 Å². The summed E-state index contributed by atoms with van der Waals surface area (Å²) in [6, 6.07) is 10.8. The van der Waals surface area contributed by atoms with Gasteiger partial charge >= 0.3 is 0 Å². The number of nitrogens with two attached hydrogens (primary N) is 1. The van der Waals surface area contributed by atoms with E-state index in [9.17, 15) is 4.55 Å². The maximum Gasteiger partial charge on any atom is 0.180 e. The smallest absolute Gasteiger partial charge is 0.180 e. The van der Waals surface area contributed by atoms with E-state index >= 15 is 0 Å². The topological polar surface area (TPSA) is 74.9 Å². The van der Waals surface area contributed by atoms with Crippen LogP contribution in [-0.2, 0) is 16.9 Å². The highest BCUT2D eigenvalue weighted by Crippen LogP contribution is 2.13. The molecule has 2 N–H and O–H groups in total. The number of nitrogen functional groups attached to an aromatic ring is 1. The molecule has 0 radical (unpaired) electrons. The van der Waals surface area contributed by atoms with Gasteiger partial charge in [0.25, 0.3) is 0 Å². The van der Waals surface area contributed by atoms with Crippen molar-refractivity contribution in [3.8, 4) is 0 Å². The Kier molecular flexibility index (Phi) is 3.38.